The number of amides is 2. The lowest BCUT2D eigenvalue weighted by atomic mass is 10.1. The Labute approximate surface area is 225 Å². The van der Waals surface area contributed by atoms with E-state index in [1.165, 1.54) is 57.8 Å². The third-order valence-electron chi connectivity index (χ3n) is 5.84. The van der Waals surface area contributed by atoms with Crippen LogP contribution in [0.4, 0.5) is 0 Å². The maximum atomic E-state index is 11.9. The quantitative estimate of drug-likeness (QED) is 0.0810. The molecular formula is C29H54N2O2S2. The van der Waals surface area contributed by atoms with Crippen molar-refractivity contribution < 1.29 is 9.59 Å². The van der Waals surface area contributed by atoms with Crippen molar-refractivity contribution in [2.75, 3.05) is 36.1 Å². The standard InChI is InChI=1S/C29H54N2O2S2/c1-3-5-7-9-11-13-15-17-20-28(32)30-22-26-34-24-19-25-35-27-23-31-29(33)21-18-16-14-12-10-8-6-4-2/h3-4H,1-2,5-27H2,(H,30,32)(H,31,33). The third kappa shape index (κ3) is 29.2. The SMILES string of the molecule is C=CCCCCCCCCC(=O)NCCSCCCSCCNC(=O)CCCCCCCCC=C. The summed E-state index contributed by atoms with van der Waals surface area (Å²) in [5, 5.41) is 6.09. The third-order valence-corrected chi connectivity index (χ3v) is 7.98. The Morgan fingerprint density at radius 1 is 0.514 bits per heavy atom. The normalized spacial score (nSPS) is 10.7. The molecule has 0 spiro atoms. The molecule has 0 aromatic heterocycles. The van der Waals surface area contributed by atoms with Crippen LogP contribution in [0.25, 0.3) is 0 Å². The van der Waals surface area contributed by atoms with Crippen molar-refractivity contribution in [2.24, 2.45) is 0 Å². The van der Waals surface area contributed by atoms with Crippen LogP contribution in [-0.4, -0.2) is 47.9 Å². The number of thioether (sulfide) groups is 2. The van der Waals surface area contributed by atoms with Crippen molar-refractivity contribution in [3.63, 3.8) is 0 Å². The van der Waals surface area contributed by atoms with E-state index in [1.54, 1.807) is 0 Å². The van der Waals surface area contributed by atoms with Crippen LogP contribution in [0.5, 0.6) is 0 Å². The van der Waals surface area contributed by atoms with Crippen LogP contribution in [0.15, 0.2) is 25.3 Å². The van der Waals surface area contributed by atoms with E-state index in [9.17, 15) is 9.59 Å². The Morgan fingerprint density at radius 3 is 1.29 bits per heavy atom. The minimum Gasteiger partial charge on any atom is -0.355 e. The first-order chi connectivity index (χ1) is 17.2. The van der Waals surface area contributed by atoms with E-state index in [-0.39, 0.29) is 11.8 Å². The molecule has 204 valence electrons. The Balaban J connectivity index is 3.24. The van der Waals surface area contributed by atoms with Gasteiger partial charge in [-0.15, -0.1) is 13.2 Å². The number of hydrogen-bond donors (Lipinski definition) is 2. The highest BCUT2D eigenvalue weighted by atomic mass is 32.2. The Morgan fingerprint density at radius 2 is 0.886 bits per heavy atom. The van der Waals surface area contributed by atoms with Crippen LogP contribution in [-0.2, 0) is 9.59 Å². The monoisotopic (exact) mass is 526 g/mol. The zero-order chi connectivity index (χ0) is 25.7. The first kappa shape index (κ1) is 34.1. The highest BCUT2D eigenvalue weighted by molar-refractivity contribution is 8.00. The summed E-state index contributed by atoms with van der Waals surface area (Å²) in [5.74, 6) is 4.65. The van der Waals surface area contributed by atoms with E-state index in [1.807, 2.05) is 35.7 Å². The van der Waals surface area contributed by atoms with Crippen LogP contribution in [0.3, 0.4) is 0 Å². The lowest BCUT2D eigenvalue weighted by Gasteiger charge is -2.06. The van der Waals surface area contributed by atoms with Gasteiger partial charge in [-0.3, -0.25) is 9.59 Å². The van der Waals surface area contributed by atoms with E-state index in [2.05, 4.69) is 23.8 Å². The van der Waals surface area contributed by atoms with E-state index in [4.69, 9.17) is 0 Å². The molecule has 4 nitrogen and oxygen atoms in total. The van der Waals surface area contributed by atoms with Crippen LogP contribution in [0, 0.1) is 0 Å². The predicted octanol–water partition coefficient (Wildman–Crippen LogP) is 7.69. The number of carbonyl (C=O) groups is 2. The summed E-state index contributed by atoms with van der Waals surface area (Å²) in [6.45, 7) is 9.05. The number of nitrogens with one attached hydrogen (secondary N) is 2. The summed E-state index contributed by atoms with van der Waals surface area (Å²) in [6.07, 6.45) is 23.2. The number of unbranched alkanes of at least 4 members (excludes halogenated alkanes) is 12. The van der Waals surface area contributed by atoms with E-state index in [0.29, 0.717) is 12.8 Å². The second kappa shape index (κ2) is 29.4. The van der Waals surface area contributed by atoms with Crippen molar-refractivity contribution in [1.29, 1.82) is 0 Å². The highest BCUT2D eigenvalue weighted by Gasteiger charge is 2.02. The van der Waals surface area contributed by atoms with Crippen molar-refractivity contribution in [1.82, 2.24) is 10.6 Å². The fraction of sp³-hybridized carbons (Fsp3) is 0.793. The Hall–Kier alpha value is -0.880. The van der Waals surface area contributed by atoms with Crippen molar-refractivity contribution in [3.05, 3.63) is 25.3 Å². The molecule has 2 amide bonds. The van der Waals surface area contributed by atoms with Gasteiger partial charge in [-0.25, -0.2) is 0 Å². The fourth-order valence-electron chi connectivity index (χ4n) is 3.73. The van der Waals surface area contributed by atoms with Gasteiger partial charge in [0.25, 0.3) is 0 Å². The first-order valence-corrected chi connectivity index (χ1v) is 16.4. The lowest BCUT2D eigenvalue weighted by Crippen LogP contribution is -2.25. The van der Waals surface area contributed by atoms with Gasteiger partial charge in [0.15, 0.2) is 0 Å². The average molecular weight is 527 g/mol. The molecule has 0 aliphatic rings. The first-order valence-electron chi connectivity index (χ1n) is 14.1. The molecule has 0 saturated heterocycles. The van der Waals surface area contributed by atoms with Crippen molar-refractivity contribution >= 4 is 35.3 Å². The largest absolute Gasteiger partial charge is 0.355 e. The zero-order valence-electron chi connectivity index (χ0n) is 22.5. The molecule has 0 aliphatic heterocycles. The number of allylic oxidation sites excluding steroid dienone is 2. The molecule has 0 bridgehead atoms. The molecule has 0 fully saturated rings. The maximum Gasteiger partial charge on any atom is 0.220 e. The van der Waals surface area contributed by atoms with Crippen LogP contribution >= 0.6 is 23.5 Å². The molecule has 0 unspecified atom stereocenters. The van der Waals surface area contributed by atoms with Gasteiger partial charge >= 0.3 is 0 Å². The second-order valence-electron chi connectivity index (χ2n) is 9.18. The molecular weight excluding hydrogens is 472 g/mol. The topological polar surface area (TPSA) is 58.2 Å². The smallest absolute Gasteiger partial charge is 0.220 e. The molecule has 0 aromatic rings. The summed E-state index contributed by atoms with van der Waals surface area (Å²) in [4.78, 5) is 23.7. The minimum atomic E-state index is 0.203. The number of carbonyl (C=O) groups excluding carboxylic acids is 2. The van der Waals surface area contributed by atoms with Gasteiger partial charge in [0.05, 0.1) is 0 Å². The van der Waals surface area contributed by atoms with Crippen molar-refractivity contribution in [3.8, 4) is 0 Å². The summed E-state index contributed by atoms with van der Waals surface area (Å²) in [6, 6.07) is 0. The van der Waals surface area contributed by atoms with Crippen LogP contribution in [0.2, 0.25) is 0 Å². The van der Waals surface area contributed by atoms with E-state index in [0.717, 1.165) is 74.6 Å². The number of rotatable bonds is 28. The van der Waals surface area contributed by atoms with Crippen LogP contribution < -0.4 is 10.6 Å². The van der Waals surface area contributed by atoms with Gasteiger partial charge in [-0.1, -0.05) is 63.5 Å². The number of hydrogen-bond acceptors (Lipinski definition) is 4. The molecule has 0 aliphatic carbocycles. The van der Waals surface area contributed by atoms with Gasteiger partial charge in [-0.2, -0.15) is 23.5 Å². The van der Waals surface area contributed by atoms with Gasteiger partial charge in [0, 0.05) is 37.4 Å². The molecule has 6 heteroatoms. The summed E-state index contributed by atoms with van der Waals surface area (Å²) >= 11 is 3.83. The maximum absolute atomic E-state index is 11.9. The average Bonchev–Trinajstić information content (AvgIpc) is 2.85. The van der Waals surface area contributed by atoms with Gasteiger partial charge in [0.1, 0.15) is 0 Å². The predicted molar refractivity (Wildman–Crippen MR) is 160 cm³/mol. The molecule has 0 aromatic carbocycles. The summed E-state index contributed by atoms with van der Waals surface area (Å²) < 4.78 is 0. The molecule has 0 heterocycles. The van der Waals surface area contributed by atoms with Gasteiger partial charge in [-0.05, 0) is 56.5 Å². The lowest BCUT2D eigenvalue weighted by molar-refractivity contribution is -0.121. The zero-order valence-corrected chi connectivity index (χ0v) is 24.1. The second-order valence-corrected chi connectivity index (χ2v) is 11.6. The Bertz CT molecular complexity index is 471. The minimum absolute atomic E-state index is 0.203. The molecule has 0 radical (unpaired) electrons. The molecule has 35 heavy (non-hydrogen) atoms. The van der Waals surface area contributed by atoms with Crippen LogP contribution in [0.1, 0.15) is 109 Å². The molecule has 0 saturated carbocycles. The van der Waals surface area contributed by atoms with E-state index >= 15 is 0 Å². The molecule has 0 rings (SSSR count). The summed E-state index contributed by atoms with van der Waals surface area (Å²) in [7, 11) is 0. The highest BCUT2D eigenvalue weighted by Crippen LogP contribution is 2.10. The molecule has 2 N–H and O–H groups in total. The van der Waals surface area contributed by atoms with E-state index < -0.39 is 0 Å². The van der Waals surface area contributed by atoms with Gasteiger partial charge in [0.2, 0.25) is 11.8 Å². The fourth-order valence-corrected chi connectivity index (χ4v) is 5.51. The van der Waals surface area contributed by atoms with Crippen molar-refractivity contribution in [2.45, 2.75) is 109 Å². The molecule has 0 atom stereocenters. The van der Waals surface area contributed by atoms with Gasteiger partial charge < -0.3 is 10.6 Å². The summed E-state index contributed by atoms with van der Waals surface area (Å²) in [5.41, 5.74) is 0. The Kier molecular flexibility index (Phi) is 28.6.